The zero-order valence-electron chi connectivity index (χ0n) is 14.1. The predicted octanol–water partition coefficient (Wildman–Crippen LogP) is 4.05. The SMILES string of the molecule is COc1cc(NC(C)=O)c(Cl)cc1C(=O)Nc1ccc2c(c1)CCC2. The average molecular weight is 359 g/mol. The van der Waals surface area contributed by atoms with Gasteiger partial charge in [0.25, 0.3) is 5.91 Å². The van der Waals surface area contributed by atoms with E-state index in [9.17, 15) is 9.59 Å². The van der Waals surface area contributed by atoms with Crippen molar-refractivity contribution < 1.29 is 14.3 Å². The van der Waals surface area contributed by atoms with Crippen LogP contribution in [0.4, 0.5) is 11.4 Å². The number of methoxy groups -OCH3 is 1. The van der Waals surface area contributed by atoms with Gasteiger partial charge in [-0.1, -0.05) is 17.7 Å². The summed E-state index contributed by atoms with van der Waals surface area (Å²) in [7, 11) is 1.47. The number of fused-ring (bicyclic) bond motifs is 1. The molecule has 0 radical (unpaired) electrons. The number of halogens is 1. The normalized spacial score (nSPS) is 12.4. The van der Waals surface area contributed by atoms with Gasteiger partial charge in [-0.05, 0) is 48.6 Å². The molecule has 0 atom stereocenters. The number of benzene rings is 2. The van der Waals surface area contributed by atoms with Crippen LogP contribution in [-0.4, -0.2) is 18.9 Å². The fraction of sp³-hybridized carbons (Fsp3) is 0.263. The first kappa shape index (κ1) is 17.3. The molecule has 0 unspecified atom stereocenters. The number of carbonyl (C=O) groups excluding carboxylic acids is 2. The van der Waals surface area contributed by atoms with E-state index in [4.69, 9.17) is 16.3 Å². The van der Waals surface area contributed by atoms with Crippen molar-refractivity contribution in [3.8, 4) is 5.75 Å². The first-order chi connectivity index (χ1) is 12.0. The van der Waals surface area contributed by atoms with E-state index >= 15 is 0 Å². The van der Waals surface area contributed by atoms with E-state index in [1.54, 1.807) is 6.07 Å². The van der Waals surface area contributed by atoms with E-state index < -0.39 is 0 Å². The number of hydrogen-bond donors (Lipinski definition) is 2. The molecule has 6 heteroatoms. The monoisotopic (exact) mass is 358 g/mol. The highest BCUT2D eigenvalue weighted by atomic mass is 35.5. The van der Waals surface area contributed by atoms with Gasteiger partial charge in [0.2, 0.25) is 5.91 Å². The fourth-order valence-corrected chi connectivity index (χ4v) is 3.24. The second-order valence-electron chi connectivity index (χ2n) is 6.00. The van der Waals surface area contributed by atoms with Crippen molar-refractivity contribution in [1.82, 2.24) is 0 Å². The molecule has 2 amide bonds. The standard InChI is InChI=1S/C19H19ClN2O3/c1-11(23)21-17-10-18(25-2)15(9-16(17)20)19(24)22-14-7-6-12-4-3-5-13(12)8-14/h6-10H,3-5H2,1-2H3,(H,21,23)(H,22,24). The molecular weight excluding hydrogens is 340 g/mol. The smallest absolute Gasteiger partial charge is 0.259 e. The Morgan fingerprint density at radius 1 is 1.08 bits per heavy atom. The maximum atomic E-state index is 12.6. The Morgan fingerprint density at radius 2 is 1.84 bits per heavy atom. The summed E-state index contributed by atoms with van der Waals surface area (Å²) in [6.07, 6.45) is 3.29. The number of nitrogens with one attached hydrogen (secondary N) is 2. The van der Waals surface area contributed by atoms with Crippen LogP contribution in [-0.2, 0) is 17.6 Å². The lowest BCUT2D eigenvalue weighted by Gasteiger charge is -2.13. The Bertz CT molecular complexity index is 849. The summed E-state index contributed by atoms with van der Waals surface area (Å²) < 4.78 is 5.28. The highest BCUT2D eigenvalue weighted by Gasteiger charge is 2.18. The molecule has 0 heterocycles. The molecule has 2 N–H and O–H groups in total. The molecular formula is C19H19ClN2O3. The van der Waals surface area contributed by atoms with E-state index in [-0.39, 0.29) is 16.8 Å². The van der Waals surface area contributed by atoms with E-state index in [0.717, 1.165) is 24.9 Å². The van der Waals surface area contributed by atoms with Gasteiger partial charge in [0.05, 0.1) is 23.4 Å². The van der Waals surface area contributed by atoms with E-state index in [2.05, 4.69) is 16.7 Å². The number of ether oxygens (including phenoxy) is 1. The van der Waals surface area contributed by atoms with Crippen LogP contribution in [0.5, 0.6) is 5.75 Å². The van der Waals surface area contributed by atoms with Crippen molar-refractivity contribution in [2.24, 2.45) is 0 Å². The van der Waals surface area contributed by atoms with Gasteiger partial charge in [-0.15, -0.1) is 0 Å². The first-order valence-corrected chi connectivity index (χ1v) is 8.44. The Balaban J connectivity index is 1.86. The minimum atomic E-state index is -0.314. The minimum absolute atomic E-state index is 0.251. The molecule has 2 aromatic carbocycles. The number of amides is 2. The van der Waals surface area contributed by atoms with Crippen molar-refractivity contribution in [3.05, 3.63) is 52.0 Å². The molecule has 3 rings (SSSR count). The molecule has 0 spiro atoms. The third kappa shape index (κ3) is 3.77. The molecule has 130 valence electrons. The molecule has 0 saturated carbocycles. The van der Waals surface area contributed by atoms with Gasteiger partial charge in [-0.25, -0.2) is 0 Å². The Morgan fingerprint density at radius 3 is 2.56 bits per heavy atom. The molecule has 1 aliphatic carbocycles. The molecule has 5 nitrogen and oxygen atoms in total. The Labute approximate surface area is 151 Å². The third-order valence-corrected chi connectivity index (χ3v) is 4.51. The zero-order chi connectivity index (χ0) is 18.0. The number of rotatable bonds is 4. The summed E-state index contributed by atoms with van der Waals surface area (Å²) >= 11 is 6.18. The minimum Gasteiger partial charge on any atom is -0.496 e. The van der Waals surface area contributed by atoms with Crippen LogP contribution in [0.3, 0.4) is 0 Å². The van der Waals surface area contributed by atoms with Gasteiger partial charge in [0, 0.05) is 18.7 Å². The largest absolute Gasteiger partial charge is 0.496 e. The highest BCUT2D eigenvalue weighted by Crippen LogP contribution is 2.32. The van der Waals surface area contributed by atoms with Gasteiger partial charge in [-0.2, -0.15) is 0 Å². The lowest BCUT2D eigenvalue weighted by atomic mass is 10.1. The van der Waals surface area contributed by atoms with Crippen LogP contribution in [0.15, 0.2) is 30.3 Å². The maximum Gasteiger partial charge on any atom is 0.259 e. The Hall–Kier alpha value is -2.53. The van der Waals surface area contributed by atoms with Crippen LogP contribution in [0.1, 0.15) is 34.8 Å². The van der Waals surface area contributed by atoms with E-state index in [1.165, 1.54) is 31.2 Å². The molecule has 1 aliphatic rings. The number of anilines is 2. The molecule has 0 saturated heterocycles. The number of aryl methyl sites for hydroxylation is 2. The quantitative estimate of drug-likeness (QED) is 0.866. The second-order valence-corrected chi connectivity index (χ2v) is 6.41. The van der Waals surface area contributed by atoms with Gasteiger partial charge in [-0.3, -0.25) is 9.59 Å². The van der Waals surface area contributed by atoms with Gasteiger partial charge >= 0.3 is 0 Å². The summed E-state index contributed by atoms with van der Waals surface area (Å²) in [5, 5.41) is 5.77. The van der Waals surface area contributed by atoms with Crippen LogP contribution in [0, 0.1) is 0 Å². The predicted molar refractivity (Wildman–Crippen MR) is 98.7 cm³/mol. The van der Waals surface area contributed by atoms with Gasteiger partial charge in [0.1, 0.15) is 5.75 Å². The molecule has 0 aromatic heterocycles. The number of carbonyl (C=O) groups is 2. The Kier molecular flexibility index (Phi) is 4.95. The summed E-state index contributed by atoms with van der Waals surface area (Å²) in [5.74, 6) is -0.225. The molecule has 2 aromatic rings. The summed E-state index contributed by atoms with van der Waals surface area (Å²) in [4.78, 5) is 23.9. The molecule has 0 fully saturated rings. The summed E-state index contributed by atoms with van der Waals surface area (Å²) in [6, 6.07) is 9.01. The van der Waals surface area contributed by atoms with Crippen LogP contribution in [0.2, 0.25) is 5.02 Å². The zero-order valence-corrected chi connectivity index (χ0v) is 14.9. The fourth-order valence-electron chi connectivity index (χ4n) is 3.03. The van der Waals surface area contributed by atoms with Crippen molar-refractivity contribution >= 4 is 34.8 Å². The molecule has 0 bridgehead atoms. The topological polar surface area (TPSA) is 67.4 Å². The number of hydrogen-bond acceptors (Lipinski definition) is 3. The van der Waals surface area contributed by atoms with Crippen LogP contribution in [0.25, 0.3) is 0 Å². The van der Waals surface area contributed by atoms with Gasteiger partial charge < -0.3 is 15.4 Å². The first-order valence-electron chi connectivity index (χ1n) is 8.06. The lowest BCUT2D eigenvalue weighted by molar-refractivity contribution is -0.114. The van der Waals surface area contributed by atoms with Crippen LogP contribution >= 0.6 is 11.6 Å². The summed E-state index contributed by atoms with van der Waals surface area (Å²) in [5.41, 5.74) is 4.08. The molecule has 0 aliphatic heterocycles. The van der Waals surface area contributed by atoms with Gasteiger partial charge in [0.15, 0.2) is 0 Å². The summed E-state index contributed by atoms with van der Waals surface area (Å²) in [6.45, 7) is 1.39. The van der Waals surface area contributed by atoms with Crippen LogP contribution < -0.4 is 15.4 Å². The molecule has 25 heavy (non-hydrogen) atoms. The second kappa shape index (κ2) is 7.15. The average Bonchev–Trinajstić information content (AvgIpc) is 3.03. The van der Waals surface area contributed by atoms with E-state index in [1.807, 2.05) is 12.1 Å². The maximum absolute atomic E-state index is 12.6. The highest BCUT2D eigenvalue weighted by molar-refractivity contribution is 6.34. The van der Waals surface area contributed by atoms with Crippen molar-refractivity contribution in [3.63, 3.8) is 0 Å². The third-order valence-electron chi connectivity index (χ3n) is 4.20. The van der Waals surface area contributed by atoms with Crippen molar-refractivity contribution in [2.45, 2.75) is 26.2 Å². The lowest BCUT2D eigenvalue weighted by Crippen LogP contribution is -2.14. The van der Waals surface area contributed by atoms with Crippen molar-refractivity contribution in [2.75, 3.05) is 17.7 Å². The van der Waals surface area contributed by atoms with E-state index in [0.29, 0.717) is 17.0 Å². The van der Waals surface area contributed by atoms with Crippen molar-refractivity contribution in [1.29, 1.82) is 0 Å².